The predicted octanol–water partition coefficient (Wildman–Crippen LogP) is 6.09. The zero-order valence-corrected chi connectivity index (χ0v) is 19.5. The predicted molar refractivity (Wildman–Crippen MR) is 132 cm³/mol. The van der Waals surface area contributed by atoms with Gasteiger partial charge in [-0.2, -0.15) is 9.61 Å². The molecule has 1 fully saturated rings. The fourth-order valence-electron chi connectivity index (χ4n) is 5.39. The number of nitrogens with zero attached hydrogens (tertiary/aromatic N) is 4. The lowest BCUT2D eigenvalue weighted by Gasteiger charge is -2.37. The normalized spacial score (nSPS) is 18.9. The quantitative estimate of drug-likeness (QED) is 0.398. The van der Waals surface area contributed by atoms with Gasteiger partial charge in [-0.05, 0) is 43.2 Å². The molecule has 32 heavy (non-hydrogen) atoms. The molecule has 0 saturated carbocycles. The Morgan fingerprint density at radius 1 is 0.844 bits per heavy atom. The van der Waals surface area contributed by atoms with Gasteiger partial charge in [-0.3, -0.25) is 0 Å². The van der Waals surface area contributed by atoms with E-state index in [0.29, 0.717) is 11.8 Å². The summed E-state index contributed by atoms with van der Waals surface area (Å²) < 4.78 is 2.13. The Morgan fingerprint density at radius 3 is 2.12 bits per heavy atom. The molecule has 0 bridgehead atoms. The maximum absolute atomic E-state index is 5.14. The van der Waals surface area contributed by atoms with Gasteiger partial charge < -0.3 is 4.90 Å². The lowest BCUT2D eigenvalue weighted by molar-refractivity contribution is 0.353. The number of piperidine rings is 1. The van der Waals surface area contributed by atoms with Gasteiger partial charge in [0.25, 0.3) is 0 Å². The molecule has 4 nitrogen and oxygen atoms in total. The molecule has 2 atom stereocenters. The third kappa shape index (κ3) is 3.79. The van der Waals surface area contributed by atoms with Crippen molar-refractivity contribution in [2.24, 2.45) is 11.8 Å². The van der Waals surface area contributed by atoms with Crippen molar-refractivity contribution in [2.75, 3.05) is 18.0 Å². The first-order chi connectivity index (χ1) is 15.5. The molecule has 164 valence electrons. The topological polar surface area (TPSA) is 33.4 Å². The molecule has 5 rings (SSSR count). The molecule has 0 radical (unpaired) electrons. The van der Waals surface area contributed by atoms with Crippen LogP contribution in [0, 0.1) is 25.7 Å². The van der Waals surface area contributed by atoms with Crippen LogP contribution in [-0.2, 0) is 6.42 Å². The van der Waals surface area contributed by atoms with Gasteiger partial charge in [-0.25, -0.2) is 4.98 Å². The maximum Gasteiger partial charge on any atom is 0.165 e. The van der Waals surface area contributed by atoms with E-state index < -0.39 is 0 Å². The summed E-state index contributed by atoms with van der Waals surface area (Å²) in [6.07, 6.45) is 2.15. The number of aryl methyl sites for hydroxylation is 2. The van der Waals surface area contributed by atoms with Crippen LogP contribution in [0.15, 0.2) is 60.7 Å². The monoisotopic (exact) mass is 424 g/mol. The molecule has 1 aliphatic heterocycles. The van der Waals surface area contributed by atoms with E-state index in [1.54, 1.807) is 0 Å². The summed E-state index contributed by atoms with van der Waals surface area (Å²) in [6.45, 7) is 11.1. The van der Waals surface area contributed by atoms with Crippen molar-refractivity contribution in [1.29, 1.82) is 0 Å². The van der Waals surface area contributed by atoms with Crippen molar-refractivity contribution in [1.82, 2.24) is 14.6 Å². The molecule has 1 saturated heterocycles. The Hall–Kier alpha value is -3.14. The highest BCUT2D eigenvalue weighted by Gasteiger charge is 2.28. The van der Waals surface area contributed by atoms with Crippen molar-refractivity contribution >= 4 is 11.5 Å². The lowest BCUT2D eigenvalue weighted by atomic mass is 9.91. The second-order valence-electron chi connectivity index (χ2n) is 9.57. The van der Waals surface area contributed by atoms with Gasteiger partial charge in [0.2, 0.25) is 0 Å². The summed E-state index contributed by atoms with van der Waals surface area (Å²) in [5.74, 6) is 2.55. The van der Waals surface area contributed by atoms with Crippen LogP contribution >= 0.6 is 0 Å². The van der Waals surface area contributed by atoms with Gasteiger partial charge >= 0.3 is 0 Å². The highest BCUT2D eigenvalue weighted by molar-refractivity contribution is 5.81. The van der Waals surface area contributed by atoms with Crippen molar-refractivity contribution in [3.63, 3.8) is 0 Å². The smallest absolute Gasteiger partial charge is 0.165 e. The van der Waals surface area contributed by atoms with Crippen molar-refractivity contribution in [3.8, 4) is 11.1 Å². The molecule has 2 aromatic carbocycles. The van der Waals surface area contributed by atoms with Gasteiger partial charge in [-0.15, -0.1) is 0 Å². The molecule has 4 heteroatoms. The average Bonchev–Trinajstić information content (AvgIpc) is 3.10. The van der Waals surface area contributed by atoms with Gasteiger partial charge in [0.05, 0.1) is 5.69 Å². The van der Waals surface area contributed by atoms with Crippen LogP contribution < -0.4 is 4.90 Å². The highest BCUT2D eigenvalue weighted by atomic mass is 15.4. The number of rotatable bonds is 4. The van der Waals surface area contributed by atoms with Crippen LogP contribution in [0.25, 0.3) is 16.8 Å². The van der Waals surface area contributed by atoms with E-state index in [4.69, 9.17) is 10.1 Å². The summed E-state index contributed by atoms with van der Waals surface area (Å²) >= 11 is 0. The zero-order valence-electron chi connectivity index (χ0n) is 19.5. The summed E-state index contributed by atoms with van der Waals surface area (Å²) in [5.41, 5.74) is 7.99. The molecule has 0 aliphatic carbocycles. The van der Waals surface area contributed by atoms with Gasteiger partial charge in [0.1, 0.15) is 5.82 Å². The number of hydrogen-bond donors (Lipinski definition) is 0. The maximum atomic E-state index is 5.14. The summed E-state index contributed by atoms with van der Waals surface area (Å²) in [4.78, 5) is 7.71. The lowest BCUT2D eigenvalue weighted by Crippen LogP contribution is -2.40. The number of aromatic nitrogens is 3. The Bertz CT molecular complexity index is 1220. The van der Waals surface area contributed by atoms with E-state index in [1.807, 2.05) is 0 Å². The second kappa shape index (κ2) is 8.42. The van der Waals surface area contributed by atoms with Crippen molar-refractivity contribution in [2.45, 2.75) is 40.5 Å². The Morgan fingerprint density at radius 2 is 1.47 bits per heavy atom. The molecule has 2 aromatic heterocycles. The minimum atomic E-state index is 0.664. The third-order valence-corrected chi connectivity index (χ3v) is 6.67. The standard InChI is InChI=1S/C28H32N4/c1-19-15-20(2)18-31(17-19)28-25(16-23-11-7-5-8-12-23)21(3)29-27-26(22(4)30-32(27)28)24-13-9-6-10-14-24/h5-14,19-20H,15-18H2,1-4H3/t19-,20-/m1/s1. The summed E-state index contributed by atoms with van der Waals surface area (Å²) in [6, 6.07) is 21.3. The van der Waals surface area contributed by atoms with E-state index in [-0.39, 0.29) is 0 Å². The van der Waals surface area contributed by atoms with Crippen LogP contribution in [0.2, 0.25) is 0 Å². The van der Waals surface area contributed by atoms with Crippen molar-refractivity contribution < 1.29 is 0 Å². The summed E-state index contributed by atoms with van der Waals surface area (Å²) in [5, 5.41) is 5.07. The first-order valence-electron chi connectivity index (χ1n) is 11.7. The molecule has 3 heterocycles. The highest BCUT2D eigenvalue weighted by Crippen LogP contribution is 2.35. The molecule has 4 aromatic rings. The summed E-state index contributed by atoms with van der Waals surface area (Å²) in [7, 11) is 0. The van der Waals surface area contributed by atoms with E-state index in [2.05, 4.69) is 97.8 Å². The first-order valence-corrected chi connectivity index (χ1v) is 11.7. The Labute approximate surface area is 190 Å². The molecular weight excluding hydrogens is 392 g/mol. The molecule has 1 aliphatic rings. The second-order valence-corrected chi connectivity index (χ2v) is 9.57. The minimum Gasteiger partial charge on any atom is -0.356 e. The zero-order chi connectivity index (χ0) is 22.2. The molecular formula is C28H32N4. The number of fused-ring (bicyclic) bond motifs is 1. The third-order valence-electron chi connectivity index (χ3n) is 6.67. The van der Waals surface area contributed by atoms with Crippen LogP contribution in [0.4, 0.5) is 5.82 Å². The van der Waals surface area contributed by atoms with Gasteiger partial charge in [0.15, 0.2) is 5.65 Å². The van der Waals surface area contributed by atoms with Crippen LogP contribution in [0.3, 0.4) is 0 Å². The SMILES string of the molecule is Cc1nc2c(-c3ccccc3)c(C)nn2c(N2C[C@H](C)C[C@@H](C)C2)c1Cc1ccccc1. The van der Waals surface area contributed by atoms with Gasteiger partial charge in [-0.1, -0.05) is 74.5 Å². The Kier molecular flexibility index (Phi) is 5.46. The van der Waals surface area contributed by atoms with Gasteiger partial charge in [0, 0.05) is 36.3 Å². The van der Waals surface area contributed by atoms with E-state index >= 15 is 0 Å². The molecule has 0 unspecified atom stereocenters. The minimum absolute atomic E-state index is 0.664. The van der Waals surface area contributed by atoms with Crippen LogP contribution in [0.5, 0.6) is 0 Å². The molecule has 0 amide bonds. The largest absolute Gasteiger partial charge is 0.356 e. The van der Waals surface area contributed by atoms with E-state index in [0.717, 1.165) is 42.1 Å². The van der Waals surface area contributed by atoms with Crippen molar-refractivity contribution in [3.05, 3.63) is 83.2 Å². The molecule has 0 N–H and O–H groups in total. The van der Waals surface area contributed by atoms with Crippen LogP contribution in [0.1, 0.15) is 42.8 Å². The Balaban J connectivity index is 1.75. The molecule has 0 spiro atoms. The fourth-order valence-corrected chi connectivity index (χ4v) is 5.39. The number of anilines is 1. The number of benzene rings is 2. The van der Waals surface area contributed by atoms with E-state index in [1.165, 1.54) is 28.9 Å². The van der Waals surface area contributed by atoms with E-state index in [9.17, 15) is 0 Å². The fraction of sp³-hybridized carbons (Fsp3) is 0.357. The average molecular weight is 425 g/mol. The first kappa shape index (κ1) is 20.7. The van der Waals surface area contributed by atoms with Crippen LogP contribution in [-0.4, -0.2) is 27.7 Å². The number of hydrogen-bond acceptors (Lipinski definition) is 3.